The van der Waals surface area contributed by atoms with Crippen molar-refractivity contribution in [3.8, 4) is 0 Å². The molecule has 0 aliphatic heterocycles. The van der Waals surface area contributed by atoms with Crippen molar-refractivity contribution in [2.24, 2.45) is 0 Å². The fraction of sp³-hybridized carbons (Fsp3) is 0.714. The van der Waals surface area contributed by atoms with Crippen molar-refractivity contribution in [3.63, 3.8) is 0 Å². The Balaban J connectivity index is 2.84. The van der Waals surface area contributed by atoms with Gasteiger partial charge in [0.15, 0.2) is 5.69 Å². The van der Waals surface area contributed by atoms with E-state index in [1.165, 1.54) is 4.68 Å². The summed E-state index contributed by atoms with van der Waals surface area (Å²) in [6, 6.07) is -0.579. The van der Waals surface area contributed by atoms with Gasteiger partial charge < -0.3 is 10.4 Å². The number of rotatable bonds is 8. The highest BCUT2D eigenvalue weighted by atomic mass is 16.4. The van der Waals surface area contributed by atoms with Crippen LogP contribution in [0, 0.1) is 0 Å². The SMILES string of the molecule is CCCCCNC(=O)C(C)n1nnc(C(=O)O)c1C(C)C. The first-order valence-corrected chi connectivity index (χ1v) is 7.36. The fourth-order valence-electron chi connectivity index (χ4n) is 2.12. The molecule has 1 amide bonds. The second kappa shape index (κ2) is 7.75. The maximum Gasteiger partial charge on any atom is 0.358 e. The smallest absolute Gasteiger partial charge is 0.358 e. The maximum absolute atomic E-state index is 12.1. The molecule has 1 aromatic rings. The largest absolute Gasteiger partial charge is 0.476 e. The van der Waals surface area contributed by atoms with Crippen molar-refractivity contribution in [3.05, 3.63) is 11.4 Å². The van der Waals surface area contributed by atoms with Crippen molar-refractivity contribution >= 4 is 11.9 Å². The van der Waals surface area contributed by atoms with E-state index >= 15 is 0 Å². The number of carboxylic acid groups (broad SMARTS) is 1. The van der Waals surface area contributed by atoms with E-state index in [9.17, 15) is 9.59 Å². The van der Waals surface area contributed by atoms with Crippen molar-refractivity contribution < 1.29 is 14.7 Å². The maximum atomic E-state index is 12.1. The summed E-state index contributed by atoms with van der Waals surface area (Å²) in [5.41, 5.74) is 0.384. The number of nitrogens with zero attached hydrogens (tertiary/aromatic N) is 3. The van der Waals surface area contributed by atoms with Crippen LogP contribution in [-0.4, -0.2) is 38.5 Å². The molecule has 7 heteroatoms. The molecule has 0 aliphatic carbocycles. The van der Waals surface area contributed by atoms with Crippen LogP contribution in [0.2, 0.25) is 0 Å². The lowest BCUT2D eigenvalue weighted by Crippen LogP contribution is -2.33. The van der Waals surface area contributed by atoms with Gasteiger partial charge in [0, 0.05) is 6.54 Å². The first kappa shape index (κ1) is 17.1. The minimum Gasteiger partial charge on any atom is -0.476 e. The average Bonchev–Trinajstić information content (AvgIpc) is 2.87. The van der Waals surface area contributed by atoms with E-state index in [-0.39, 0.29) is 17.5 Å². The Morgan fingerprint density at radius 3 is 2.48 bits per heavy atom. The van der Waals surface area contributed by atoms with E-state index in [1.54, 1.807) is 6.92 Å². The van der Waals surface area contributed by atoms with Gasteiger partial charge >= 0.3 is 5.97 Å². The molecular formula is C14H24N4O3. The van der Waals surface area contributed by atoms with Gasteiger partial charge in [-0.25, -0.2) is 9.48 Å². The van der Waals surface area contributed by atoms with Crippen molar-refractivity contribution in [2.45, 2.75) is 58.9 Å². The lowest BCUT2D eigenvalue weighted by atomic mass is 10.1. The average molecular weight is 296 g/mol. The minimum atomic E-state index is -1.12. The standard InChI is InChI=1S/C14H24N4O3/c1-5-6-7-8-15-13(19)10(4)18-12(9(2)3)11(14(20)21)16-17-18/h9-10H,5-8H2,1-4H3,(H,15,19)(H,20,21). The molecule has 0 spiro atoms. The van der Waals surface area contributed by atoms with Crippen LogP contribution in [0.5, 0.6) is 0 Å². The number of unbranched alkanes of at least 4 members (excludes halogenated alkanes) is 2. The predicted molar refractivity (Wildman–Crippen MR) is 78.3 cm³/mol. The fourth-order valence-corrected chi connectivity index (χ4v) is 2.12. The van der Waals surface area contributed by atoms with Crippen LogP contribution in [0.3, 0.4) is 0 Å². The summed E-state index contributed by atoms with van der Waals surface area (Å²) in [6.45, 7) is 8.12. The molecule has 0 fully saturated rings. The molecule has 0 aromatic carbocycles. The Hall–Kier alpha value is -1.92. The van der Waals surface area contributed by atoms with Crippen LogP contribution < -0.4 is 5.32 Å². The number of carbonyl (C=O) groups is 2. The molecule has 118 valence electrons. The summed E-state index contributed by atoms with van der Waals surface area (Å²) >= 11 is 0. The molecule has 0 saturated heterocycles. The van der Waals surface area contributed by atoms with Crippen LogP contribution in [0.15, 0.2) is 0 Å². The van der Waals surface area contributed by atoms with Gasteiger partial charge in [-0.1, -0.05) is 38.8 Å². The highest BCUT2D eigenvalue weighted by Gasteiger charge is 2.26. The Morgan fingerprint density at radius 2 is 1.95 bits per heavy atom. The highest BCUT2D eigenvalue weighted by Crippen LogP contribution is 2.21. The number of hydrogen-bond acceptors (Lipinski definition) is 4. The van der Waals surface area contributed by atoms with Gasteiger partial charge in [0.25, 0.3) is 0 Å². The summed E-state index contributed by atoms with van der Waals surface area (Å²) in [6.07, 6.45) is 3.09. The lowest BCUT2D eigenvalue weighted by Gasteiger charge is -2.16. The zero-order valence-electron chi connectivity index (χ0n) is 13.1. The van der Waals surface area contributed by atoms with Gasteiger partial charge in [0.2, 0.25) is 5.91 Å². The molecule has 1 unspecified atom stereocenters. The molecular weight excluding hydrogens is 272 g/mol. The third kappa shape index (κ3) is 4.27. The number of carboxylic acids is 1. The highest BCUT2D eigenvalue weighted by molar-refractivity contribution is 5.87. The number of amides is 1. The normalized spacial score (nSPS) is 12.4. The molecule has 0 saturated carbocycles. The Bertz CT molecular complexity index is 496. The Kier molecular flexibility index (Phi) is 6.33. The number of carbonyl (C=O) groups excluding carboxylic acids is 1. The van der Waals surface area contributed by atoms with Gasteiger partial charge in [-0.3, -0.25) is 4.79 Å². The Morgan fingerprint density at radius 1 is 1.29 bits per heavy atom. The number of hydrogen-bond donors (Lipinski definition) is 2. The molecule has 1 heterocycles. The van der Waals surface area contributed by atoms with E-state index in [1.807, 2.05) is 13.8 Å². The number of nitrogens with one attached hydrogen (secondary N) is 1. The van der Waals surface area contributed by atoms with E-state index in [0.717, 1.165) is 19.3 Å². The first-order chi connectivity index (χ1) is 9.90. The van der Waals surface area contributed by atoms with Crippen LogP contribution in [-0.2, 0) is 4.79 Å². The molecule has 0 radical (unpaired) electrons. The zero-order valence-corrected chi connectivity index (χ0v) is 13.1. The van der Waals surface area contributed by atoms with Crippen LogP contribution in [0.25, 0.3) is 0 Å². The monoisotopic (exact) mass is 296 g/mol. The van der Waals surface area contributed by atoms with Gasteiger partial charge in [-0.05, 0) is 19.3 Å². The van der Waals surface area contributed by atoms with Gasteiger partial charge in [-0.15, -0.1) is 5.10 Å². The molecule has 2 N–H and O–H groups in total. The van der Waals surface area contributed by atoms with E-state index in [4.69, 9.17) is 5.11 Å². The Labute approximate surface area is 124 Å². The molecule has 21 heavy (non-hydrogen) atoms. The second-order valence-electron chi connectivity index (χ2n) is 5.40. The molecule has 1 atom stereocenters. The topological polar surface area (TPSA) is 97.1 Å². The first-order valence-electron chi connectivity index (χ1n) is 7.36. The quantitative estimate of drug-likeness (QED) is 0.715. The molecule has 1 aromatic heterocycles. The van der Waals surface area contributed by atoms with Gasteiger partial charge in [-0.2, -0.15) is 0 Å². The van der Waals surface area contributed by atoms with Crippen molar-refractivity contribution in [1.29, 1.82) is 0 Å². The van der Waals surface area contributed by atoms with Crippen molar-refractivity contribution in [2.75, 3.05) is 6.54 Å². The van der Waals surface area contributed by atoms with Crippen LogP contribution >= 0.6 is 0 Å². The molecule has 1 rings (SSSR count). The number of aromatic nitrogens is 3. The van der Waals surface area contributed by atoms with Crippen LogP contribution in [0.1, 0.15) is 75.1 Å². The summed E-state index contributed by atoms with van der Waals surface area (Å²) in [5, 5.41) is 19.5. The second-order valence-corrected chi connectivity index (χ2v) is 5.40. The summed E-state index contributed by atoms with van der Waals surface area (Å²) in [7, 11) is 0. The van der Waals surface area contributed by atoms with E-state index in [0.29, 0.717) is 12.2 Å². The van der Waals surface area contributed by atoms with Gasteiger partial charge in [0.1, 0.15) is 6.04 Å². The van der Waals surface area contributed by atoms with E-state index in [2.05, 4.69) is 22.6 Å². The zero-order chi connectivity index (χ0) is 16.0. The number of aromatic carboxylic acids is 1. The molecule has 0 aliphatic rings. The molecule has 7 nitrogen and oxygen atoms in total. The third-order valence-electron chi connectivity index (χ3n) is 3.31. The summed E-state index contributed by atoms with van der Waals surface area (Å²) in [4.78, 5) is 23.3. The predicted octanol–water partition coefficient (Wildman–Crippen LogP) is 1.97. The summed E-state index contributed by atoms with van der Waals surface area (Å²) in [5.74, 6) is -1.38. The lowest BCUT2D eigenvalue weighted by molar-refractivity contribution is -0.124. The van der Waals surface area contributed by atoms with E-state index < -0.39 is 12.0 Å². The van der Waals surface area contributed by atoms with Crippen molar-refractivity contribution in [1.82, 2.24) is 20.3 Å². The molecule has 0 bridgehead atoms. The van der Waals surface area contributed by atoms with Crippen LogP contribution in [0.4, 0.5) is 0 Å². The van der Waals surface area contributed by atoms with Gasteiger partial charge in [0.05, 0.1) is 5.69 Å². The minimum absolute atomic E-state index is 0.0820. The summed E-state index contributed by atoms with van der Waals surface area (Å²) < 4.78 is 1.41. The third-order valence-corrected chi connectivity index (χ3v) is 3.31.